The second-order valence-electron chi connectivity index (χ2n) is 7.59. The van der Waals surface area contributed by atoms with Gasteiger partial charge in [0.2, 0.25) is 0 Å². The van der Waals surface area contributed by atoms with Gasteiger partial charge in [-0.1, -0.05) is 0 Å². The first-order chi connectivity index (χ1) is 12.5. The largest absolute Gasteiger partial charge is 0.444 e. The third-order valence-corrected chi connectivity index (χ3v) is 4.98. The Morgan fingerprint density at radius 2 is 2.00 bits per heavy atom. The molecule has 0 aliphatic carbocycles. The third-order valence-electron chi connectivity index (χ3n) is 3.92. The van der Waals surface area contributed by atoms with E-state index in [0.717, 1.165) is 29.6 Å². The topological polar surface area (TPSA) is 78.9 Å². The molecule has 2 N–H and O–H groups in total. The quantitative estimate of drug-likeness (QED) is 0.544. The van der Waals surface area contributed by atoms with Crippen molar-refractivity contribution >= 4 is 23.4 Å². The molecule has 0 saturated carbocycles. The van der Waals surface area contributed by atoms with Crippen molar-refractivity contribution in [3.05, 3.63) is 15.6 Å². The molecule has 0 aliphatic rings. The maximum absolute atomic E-state index is 12.1. The summed E-state index contributed by atoms with van der Waals surface area (Å²) in [7, 11) is 1.77. The lowest BCUT2D eigenvalue weighted by molar-refractivity contribution is 0.0230. The first-order valence-corrected chi connectivity index (χ1v) is 10.3. The number of amides is 1. The highest BCUT2D eigenvalue weighted by Crippen LogP contribution is 2.17. The zero-order chi connectivity index (χ0) is 20.6. The highest BCUT2D eigenvalue weighted by atomic mass is 32.1. The number of guanidine groups is 1. The van der Waals surface area contributed by atoms with Crippen LogP contribution in [0.5, 0.6) is 0 Å². The Hall–Kier alpha value is -1.83. The van der Waals surface area contributed by atoms with Gasteiger partial charge < -0.3 is 20.3 Å². The van der Waals surface area contributed by atoms with Gasteiger partial charge in [-0.2, -0.15) is 0 Å². The summed E-state index contributed by atoms with van der Waals surface area (Å²) in [5.74, 6) is 0.773. The van der Waals surface area contributed by atoms with Gasteiger partial charge in [0.05, 0.1) is 17.2 Å². The monoisotopic (exact) mass is 397 g/mol. The van der Waals surface area contributed by atoms with Crippen LogP contribution in [0.15, 0.2) is 4.99 Å². The van der Waals surface area contributed by atoms with Gasteiger partial charge in [-0.3, -0.25) is 0 Å². The van der Waals surface area contributed by atoms with E-state index >= 15 is 0 Å². The van der Waals surface area contributed by atoms with Crippen molar-refractivity contribution < 1.29 is 9.53 Å². The Balaban J connectivity index is 2.53. The van der Waals surface area contributed by atoms with E-state index < -0.39 is 5.60 Å². The first-order valence-electron chi connectivity index (χ1n) is 9.44. The Bertz CT molecular complexity index is 637. The fourth-order valence-corrected chi connectivity index (χ4v) is 3.18. The predicted octanol–water partition coefficient (Wildman–Crippen LogP) is 3.46. The molecule has 1 heterocycles. The summed E-state index contributed by atoms with van der Waals surface area (Å²) in [4.78, 5) is 24.0. The molecule has 0 aliphatic heterocycles. The van der Waals surface area contributed by atoms with Crippen LogP contribution in [0.2, 0.25) is 0 Å². The first kappa shape index (κ1) is 23.2. The van der Waals surface area contributed by atoms with Gasteiger partial charge in [-0.15, -0.1) is 11.3 Å². The minimum absolute atomic E-state index is 0.0571. The fourth-order valence-electron chi connectivity index (χ4n) is 2.32. The zero-order valence-electron chi connectivity index (χ0n) is 18.0. The molecule has 1 rings (SSSR count). The van der Waals surface area contributed by atoms with E-state index in [1.807, 2.05) is 48.5 Å². The molecule has 0 aromatic carbocycles. The lowest BCUT2D eigenvalue weighted by Gasteiger charge is -2.28. The highest BCUT2D eigenvalue weighted by Gasteiger charge is 2.22. The molecule has 27 heavy (non-hydrogen) atoms. The maximum Gasteiger partial charge on any atom is 0.410 e. The van der Waals surface area contributed by atoms with Crippen LogP contribution in [0.3, 0.4) is 0 Å². The number of thiazole rings is 1. The van der Waals surface area contributed by atoms with E-state index in [-0.39, 0.29) is 12.1 Å². The second kappa shape index (κ2) is 10.5. The molecule has 1 aromatic heterocycles. The van der Waals surface area contributed by atoms with Crippen molar-refractivity contribution in [3.63, 3.8) is 0 Å². The molecular formula is C19H35N5O2S. The lowest BCUT2D eigenvalue weighted by Crippen LogP contribution is -2.42. The number of rotatable bonds is 7. The van der Waals surface area contributed by atoms with Crippen LogP contribution in [0.25, 0.3) is 0 Å². The fraction of sp³-hybridized carbons (Fsp3) is 0.737. The van der Waals surface area contributed by atoms with E-state index in [1.54, 1.807) is 23.3 Å². The number of nitrogens with one attached hydrogen (secondary N) is 2. The van der Waals surface area contributed by atoms with Crippen molar-refractivity contribution in [1.82, 2.24) is 20.5 Å². The molecular weight excluding hydrogens is 362 g/mol. The number of aryl methyl sites for hydroxylation is 2. The molecule has 0 spiro atoms. The molecule has 1 unspecified atom stereocenters. The van der Waals surface area contributed by atoms with E-state index in [4.69, 9.17) is 4.74 Å². The van der Waals surface area contributed by atoms with Crippen molar-refractivity contribution in [1.29, 1.82) is 0 Å². The maximum atomic E-state index is 12.1. The van der Waals surface area contributed by atoms with Crippen molar-refractivity contribution in [2.45, 2.75) is 73.1 Å². The summed E-state index contributed by atoms with van der Waals surface area (Å²) in [5.41, 5.74) is 0.561. The summed E-state index contributed by atoms with van der Waals surface area (Å²) in [6, 6.07) is 0.0571. The van der Waals surface area contributed by atoms with E-state index in [9.17, 15) is 4.79 Å². The van der Waals surface area contributed by atoms with Gasteiger partial charge in [0, 0.05) is 31.1 Å². The van der Waals surface area contributed by atoms with E-state index in [0.29, 0.717) is 13.1 Å². The summed E-state index contributed by atoms with van der Waals surface area (Å²) in [6.07, 6.45) is 0.491. The molecule has 0 fully saturated rings. The minimum Gasteiger partial charge on any atom is -0.444 e. The SMILES string of the molecule is CCNC(=NCc1sc(C)nc1C)NCCC(C)N(C)C(=O)OC(C)(C)C. The molecule has 1 aromatic rings. The second-order valence-corrected chi connectivity index (χ2v) is 8.88. The number of aliphatic imine (C=N–C) groups is 1. The van der Waals surface area contributed by atoms with Crippen LogP contribution >= 0.6 is 11.3 Å². The average molecular weight is 398 g/mol. The van der Waals surface area contributed by atoms with E-state index in [2.05, 4.69) is 20.6 Å². The van der Waals surface area contributed by atoms with Crippen LogP contribution in [-0.4, -0.2) is 53.7 Å². The Morgan fingerprint density at radius 1 is 1.33 bits per heavy atom. The van der Waals surface area contributed by atoms with E-state index in [1.165, 1.54) is 4.88 Å². The van der Waals surface area contributed by atoms with Crippen LogP contribution in [0.1, 0.15) is 56.6 Å². The Morgan fingerprint density at radius 3 is 2.52 bits per heavy atom. The van der Waals surface area contributed by atoms with Crippen LogP contribution in [-0.2, 0) is 11.3 Å². The standard InChI is InChI=1S/C19H35N5O2S/c1-9-20-17(22-12-16-14(3)23-15(4)27-16)21-11-10-13(2)24(8)18(25)26-19(5,6)7/h13H,9-12H2,1-8H3,(H2,20,21,22). The number of carbonyl (C=O) groups excluding carboxylic acids is 1. The normalized spacial score (nSPS) is 13.3. The van der Waals surface area contributed by atoms with Crippen molar-refractivity contribution in [2.24, 2.45) is 4.99 Å². The van der Waals surface area contributed by atoms with Crippen LogP contribution in [0.4, 0.5) is 4.79 Å². The van der Waals surface area contributed by atoms with Gasteiger partial charge in [0.1, 0.15) is 5.60 Å². The molecule has 0 saturated heterocycles. The Kier molecular flexibility index (Phi) is 9.02. The number of hydrogen-bond donors (Lipinski definition) is 2. The number of aromatic nitrogens is 1. The highest BCUT2D eigenvalue weighted by molar-refractivity contribution is 7.11. The third kappa shape index (κ3) is 8.60. The smallest absolute Gasteiger partial charge is 0.410 e. The van der Waals surface area contributed by atoms with Crippen LogP contribution < -0.4 is 10.6 Å². The minimum atomic E-state index is -0.485. The Labute approximate surface area is 167 Å². The number of hydrogen-bond acceptors (Lipinski definition) is 5. The van der Waals surface area contributed by atoms with Crippen molar-refractivity contribution in [3.8, 4) is 0 Å². The summed E-state index contributed by atoms with van der Waals surface area (Å²) < 4.78 is 5.41. The molecule has 0 radical (unpaired) electrons. The molecule has 8 heteroatoms. The zero-order valence-corrected chi connectivity index (χ0v) is 18.8. The number of ether oxygens (including phenoxy) is 1. The summed E-state index contributed by atoms with van der Waals surface area (Å²) in [5, 5.41) is 7.65. The molecule has 7 nitrogen and oxygen atoms in total. The molecule has 0 bridgehead atoms. The van der Waals surface area contributed by atoms with Gasteiger partial charge in [0.15, 0.2) is 5.96 Å². The van der Waals surface area contributed by atoms with Gasteiger partial charge >= 0.3 is 6.09 Å². The lowest BCUT2D eigenvalue weighted by atomic mass is 10.2. The van der Waals surface area contributed by atoms with Gasteiger partial charge in [-0.05, 0) is 54.9 Å². The summed E-state index contributed by atoms with van der Waals surface area (Å²) >= 11 is 1.68. The summed E-state index contributed by atoms with van der Waals surface area (Å²) in [6.45, 7) is 15.8. The number of carbonyl (C=O) groups is 1. The average Bonchev–Trinajstić information content (AvgIpc) is 2.87. The molecule has 1 amide bonds. The molecule has 1 atom stereocenters. The van der Waals surface area contributed by atoms with Crippen molar-refractivity contribution in [2.75, 3.05) is 20.1 Å². The van der Waals surface area contributed by atoms with Gasteiger partial charge in [0.25, 0.3) is 0 Å². The number of nitrogens with zero attached hydrogens (tertiary/aromatic N) is 3. The van der Waals surface area contributed by atoms with Crippen LogP contribution in [0, 0.1) is 13.8 Å². The predicted molar refractivity (Wildman–Crippen MR) is 112 cm³/mol. The molecule has 154 valence electrons. The van der Waals surface area contributed by atoms with Gasteiger partial charge in [-0.25, -0.2) is 14.8 Å².